The van der Waals surface area contributed by atoms with Crippen LogP contribution in [-0.4, -0.2) is 19.0 Å². The zero-order valence-electron chi connectivity index (χ0n) is 14.9. The van der Waals surface area contributed by atoms with Gasteiger partial charge in [0.25, 0.3) is 5.91 Å². The fraction of sp³-hybridized carbons (Fsp3) is 0.350. The molecule has 2 aromatic carbocycles. The minimum Gasteiger partial charge on any atom is -0.352 e. The third-order valence-corrected chi connectivity index (χ3v) is 5.08. The summed E-state index contributed by atoms with van der Waals surface area (Å²) in [6.07, 6.45) is 1.86. The first-order valence-electron chi connectivity index (χ1n) is 8.37. The number of amides is 1. The summed E-state index contributed by atoms with van der Waals surface area (Å²) in [5, 5.41) is 2.95. The van der Waals surface area contributed by atoms with E-state index >= 15 is 0 Å². The topological polar surface area (TPSA) is 55.1 Å². The molecule has 0 aliphatic heterocycles. The largest absolute Gasteiger partial charge is 0.352 e. The van der Waals surface area contributed by atoms with Crippen LogP contribution in [-0.2, 0) is 5.75 Å². The van der Waals surface area contributed by atoms with Gasteiger partial charge in [-0.25, -0.2) is 0 Å². The summed E-state index contributed by atoms with van der Waals surface area (Å²) < 4.78 is 0. The Labute approximate surface area is 161 Å². The molecule has 2 aromatic rings. The van der Waals surface area contributed by atoms with E-state index in [0.717, 1.165) is 29.7 Å². The van der Waals surface area contributed by atoms with Crippen LogP contribution in [0.25, 0.3) is 0 Å². The van der Waals surface area contributed by atoms with Crippen LogP contribution < -0.4 is 11.1 Å². The van der Waals surface area contributed by atoms with Gasteiger partial charge in [-0.3, -0.25) is 4.79 Å². The number of nitrogens with one attached hydrogen (secondary N) is 1. The molecule has 0 spiro atoms. The van der Waals surface area contributed by atoms with E-state index in [2.05, 4.69) is 43.4 Å². The first kappa shape index (κ1) is 21.6. The number of unbranched alkanes of at least 4 members (excludes halogenated alkanes) is 1. The zero-order valence-corrected chi connectivity index (χ0v) is 16.5. The minimum atomic E-state index is -0.00890. The van der Waals surface area contributed by atoms with Gasteiger partial charge in [-0.2, -0.15) is 0 Å². The average molecular weight is 379 g/mol. The molecule has 0 unspecified atom stereocenters. The van der Waals surface area contributed by atoms with Crippen molar-refractivity contribution in [2.45, 2.75) is 37.3 Å². The lowest BCUT2D eigenvalue weighted by atomic mass is 10.1. The van der Waals surface area contributed by atoms with Gasteiger partial charge in [-0.05, 0) is 62.6 Å². The van der Waals surface area contributed by atoms with E-state index in [4.69, 9.17) is 5.73 Å². The number of benzene rings is 2. The van der Waals surface area contributed by atoms with Gasteiger partial charge in [-0.1, -0.05) is 29.8 Å². The Balaban J connectivity index is 0.00000312. The van der Waals surface area contributed by atoms with Gasteiger partial charge in [0.05, 0.1) is 0 Å². The van der Waals surface area contributed by atoms with Gasteiger partial charge in [0, 0.05) is 22.8 Å². The Morgan fingerprint density at radius 3 is 2.64 bits per heavy atom. The highest BCUT2D eigenvalue weighted by Gasteiger charge is 2.06. The quantitative estimate of drug-likeness (QED) is 0.525. The third-order valence-electron chi connectivity index (χ3n) is 3.83. The monoisotopic (exact) mass is 378 g/mol. The molecule has 0 radical (unpaired) electrons. The standard InChI is InChI=1S/C20H26N2OS.ClH/c1-15-8-9-19(16(2)12-15)24-14-17-6-5-7-18(13-17)20(23)22-11-4-3-10-21;/h5-9,12-13H,3-4,10-11,14,21H2,1-2H3,(H,22,23);1H. The molecule has 0 aromatic heterocycles. The fourth-order valence-electron chi connectivity index (χ4n) is 2.50. The first-order chi connectivity index (χ1) is 11.6. The highest BCUT2D eigenvalue weighted by molar-refractivity contribution is 7.98. The van der Waals surface area contributed by atoms with Crippen LogP contribution in [0.3, 0.4) is 0 Å². The van der Waals surface area contributed by atoms with Crippen molar-refractivity contribution >= 4 is 30.1 Å². The molecule has 0 bridgehead atoms. The van der Waals surface area contributed by atoms with Gasteiger partial charge >= 0.3 is 0 Å². The Bertz CT molecular complexity index is 691. The summed E-state index contributed by atoms with van der Waals surface area (Å²) in [5.41, 5.74) is 9.93. The predicted molar refractivity (Wildman–Crippen MR) is 110 cm³/mol. The third kappa shape index (κ3) is 7.10. The number of aryl methyl sites for hydroxylation is 2. The van der Waals surface area contributed by atoms with Crippen molar-refractivity contribution in [3.05, 3.63) is 64.7 Å². The van der Waals surface area contributed by atoms with Crippen molar-refractivity contribution in [2.75, 3.05) is 13.1 Å². The van der Waals surface area contributed by atoms with Crippen molar-refractivity contribution < 1.29 is 4.79 Å². The molecule has 25 heavy (non-hydrogen) atoms. The Kier molecular flexibility index (Phi) is 9.65. The van der Waals surface area contributed by atoms with E-state index in [1.807, 2.05) is 30.0 Å². The second kappa shape index (κ2) is 11.2. The number of carbonyl (C=O) groups excluding carboxylic acids is 1. The van der Waals surface area contributed by atoms with Crippen molar-refractivity contribution in [1.29, 1.82) is 0 Å². The fourth-order valence-corrected chi connectivity index (χ4v) is 3.45. The summed E-state index contributed by atoms with van der Waals surface area (Å²) in [6.45, 7) is 5.59. The van der Waals surface area contributed by atoms with Crippen molar-refractivity contribution in [3.63, 3.8) is 0 Å². The number of halogens is 1. The summed E-state index contributed by atoms with van der Waals surface area (Å²) in [7, 11) is 0. The van der Waals surface area contributed by atoms with Crippen LogP contribution in [0.1, 0.15) is 39.9 Å². The number of nitrogens with two attached hydrogens (primary N) is 1. The molecule has 0 aliphatic carbocycles. The summed E-state index contributed by atoms with van der Waals surface area (Å²) in [4.78, 5) is 13.5. The highest BCUT2D eigenvalue weighted by atomic mass is 35.5. The molecular weight excluding hydrogens is 352 g/mol. The predicted octanol–water partition coefficient (Wildman–Crippen LogP) is 4.49. The molecule has 2 rings (SSSR count). The summed E-state index contributed by atoms with van der Waals surface area (Å²) >= 11 is 1.81. The lowest BCUT2D eigenvalue weighted by Crippen LogP contribution is -2.24. The second-order valence-corrected chi connectivity index (χ2v) is 7.03. The van der Waals surface area contributed by atoms with Crippen LogP contribution in [0.2, 0.25) is 0 Å². The number of thioether (sulfide) groups is 1. The number of hydrogen-bond donors (Lipinski definition) is 2. The first-order valence-corrected chi connectivity index (χ1v) is 9.36. The van der Waals surface area contributed by atoms with Gasteiger partial charge < -0.3 is 11.1 Å². The Morgan fingerprint density at radius 1 is 1.12 bits per heavy atom. The molecule has 0 atom stereocenters. The van der Waals surface area contributed by atoms with E-state index < -0.39 is 0 Å². The van der Waals surface area contributed by atoms with Crippen LogP contribution in [0.4, 0.5) is 0 Å². The molecule has 0 heterocycles. The SMILES string of the molecule is Cc1ccc(SCc2cccc(C(=O)NCCCCN)c2)c(C)c1.Cl. The van der Waals surface area contributed by atoms with E-state index in [1.165, 1.54) is 16.0 Å². The van der Waals surface area contributed by atoms with Gasteiger partial charge in [0.1, 0.15) is 0 Å². The van der Waals surface area contributed by atoms with E-state index in [0.29, 0.717) is 13.1 Å². The van der Waals surface area contributed by atoms with Gasteiger partial charge in [0.15, 0.2) is 0 Å². The molecular formula is C20H27ClN2OS. The number of hydrogen-bond acceptors (Lipinski definition) is 3. The van der Waals surface area contributed by atoms with Crippen molar-refractivity contribution in [2.24, 2.45) is 5.73 Å². The highest BCUT2D eigenvalue weighted by Crippen LogP contribution is 2.26. The molecule has 5 heteroatoms. The van der Waals surface area contributed by atoms with Crippen LogP contribution in [0.5, 0.6) is 0 Å². The molecule has 3 N–H and O–H groups in total. The van der Waals surface area contributed by atoms with Crippen LogP contribution in [0.15, 0.2) is 47.4 Å². The maximum absolute atomic E-state index is 12.2. The van der Waals surface area contributed by atoms with Crippen LogP contribution in [0, 0.1) is 13.8 Å². The molecule has 0 aliphatic rings. The molecule has 0 fully saturated rings. The molecule has 1 amide bonds. The number of rotatable bonds is 8. The average Bonchev–Trinajstić information content (AvgIpc) is 2.58. The van der Waals surface area contributed by atoms with Crippen LogP contribution >= 0.6 is 24.2 Å². The molecule has 0 saturated heterocycles. The molecule has 3 nitrogen and oxygen atoms in total. The Morgan fingerprint density at radius 2 is 1.92 bits per heavy atom. The Hall–Kier alpha value is -1.49. The smallest absolute Gasteiger partial charge is 0.251 e. The summed E-state index contributed by atoms with van der Waals surface area (Å²) in [6, 6.07) is 14.4. The lowest BCUT2D eigenvalue weighted by molar-refractivity contribution is 0.0953. The minimum absolute atomic E-state index is 0. The van der Waals surface area contributed by atoms with E-state index in [1.54, 1.807) is 0 Å². The van der Waals surface area contributed by atoms with Gasteiger partial charge in [-0.15, -0.1) is 24.2 Å². The summed E-state index contributed by atoms with van der Waals surface area (Å²) in [5.74, 6) is 0.850. The zero-order chi connectivity index (χ0) is 17.4. The van der Waals surface area contributed by atoms with Gasteiger partial charge in [0.2, 0.25) is 0 Å². The molecule has 136 valence electrons. The second-order valence-electron chi connectivity index (χ2n) is 6.01. The van der Waals surface area contributed by atoms with E-state index in [9.17, 15) is 4.79 Å². The van der Waals surface area contributed by atoms with Crippen molar-refractivity contribution in [1.82, 2.24) is 5.32 Å². The molecule has 0 saturated carbocycles. The lowest BCUT2D eigenvalue weighted by Gasteiger charge is -2.09. The maximum Gasteiger partial charge on any atom is 0.251 e. The van der Waals surface area contributed by atoms with Crippen molar-refractivity contribution in [3.8, 4) is 0 Å². The van der Waals surface area contributed by atoms with E-state index in [-0.39, 0.29) is 18.3 Å². The normalized spacial score (nSPS) is 10.2. The number of carbonyl (C=O) groups is 1. The maximum atomic E-state index is 12.2.